The highest BCUT2D eigenvalue weighted by molar-refractivity contribution is 6.27. The van der Waals surface area contributed by atoms with Gasteiger partial charge in [0.1, 0.15) is 23.2 Å². The van der Waals surface area contributed by atoms with E-state index < -0.39 is 0 Å². The zero-order valence-electron chi connectivity index (χ0n) is 21.0. The summed E-state index contributed by atoms with van der Waals surface area (Å²) in [5, 5.41) is 10.6. The number of hydrogen-bond donors (Lipinski definition) is 1. The van der Waals surface area contributed by atoms with Gasteiger partial charge in [-0.05, 0) is 34.4 Å². The molecule has 2 heterocycles. The van der Waals surface area contributed by atoms with Gasteiger partial charge in [0.15, 0.2) is 5.84 Å². The molecule has 0 bridgehead atoms. The van der Waals surface area contributed by atoms with E-state index in [0.717, 1.165) is 61.1 Å². The van der Waals surface area contributed by atoms with E-state index in [9.17, 15) is 0 Å². The normalized spacial score (nSPS) is 15.4. The summed E-state index contributed by atoms with van der Waals surface area (Å²) in [6.45, 7) is 0. The van der Waals surface area contributed by atoms with Crippen LogP contribution in [0.2, 0.25) is 0 Å². The lowest BCUT2D eigenvalue weighted by Crippen LogP contribution is -2.33. The predicted molar refractivity (Wildman–Crippen MR) is 161 cm³/mol. The molecule has 0 fully saturated rings. The summed E-state index contributed by atoms with van der Waals surface area (Å²) in [5.41, 5.74) is 4.95. The van der Waals surface area contributed by atoms with E-state index in [1.807, 2.05) is 48.5 Å². The van der Waals surface area contributed by atoms with Crippen molar-refractivity contribution in [3.8, 4) is 0 Å². The molecule has 6 aromatic carbocycles. The van der Waals surface area contributed by atoms with Crippen molar-refractivity contribution < 1.29 is 4.42 Å². The molecule has 1 N–H and O–H groups in total. The highest BCUT2D eigenvalue weighted by Gasteiger charge is 2.24. The smallest absolute Gasteiger partial charge is 0.159 e. The third-order valence-corrected chi connectivity index (χ3v) is 7.51. The minimum atomic E-state index is -0.306. The molecular formula is C35H23N3O. The van der Waals surface area contributed by atoms with E-state index >= 15 is 0 Å². The van der Waals surface area contributed by atoms with Gasteiger partial charge >= 0.3 is 0 Å². The zero-order valence-corrected chi connectivity index (χ0v) is 21.0. The van der Waals surface area contributed by atoms with Gasteiger partial charge in [-0.15, -0.1) is 0 Å². The molecule has 0 radical (unpaired) electrons. The van der Waals surface area contributed by atoms with Crippen LogP contribution in [0.3, 0.4) is 0 Å². The predicted octanol–water partition coefficient (Wildman–Crippen LogP) is 8.39. The van der Waals surface area contributed by atoms with E-state index in [-0.39, 0.29) is 6.17 Å². The lowest BCUT2D eigenvalue weighted by Gasteiger charge is -2.25. The molecule has 4 heteroatoms. The Morgan fingerprint density at radius 2 is 1.23 bits per heavy atom. The fraction of sp³-hybridized carbons (Fsp3) is 0.0286. The molecule has 184 valence electrons. The summed E-state index contributed by atoms with van der Waals surface area (Å²) < 4.78 is 6.23. The van der Waals surface area contributed by atoms with Crippen LogP contribution >= 0.6 is 0 Å². The highest BCUT2D eigenvalue weighted by Crippen LogP contribution is 2.41. The molecule has 8 rings (SSSR count). The van der Waals surface area contributed by atoms with Crippen LogP contribution in [0.4, 0.5) is 0 Å². The van der Waals surface area contributed by atoms with Crippen molar-refractivity contribution in [2.24, 2.45) is 9.98 Å². The molecule has 1 aliphatic heterocycles. The fourth-order valence-electron chi connectivity index (χ4n) is 5.74. The SMILES string of the molecule is c1ccc(C2=NC(c3cc4ccc5oc6ccccc6c5c4c4ccccc34)NC(c3ccccc3)=N2)cc1. The third kappa shape index (κ3) is 3.53. The molecule has 1 unspecified atom stereocenters. The van der Waals surface area contributed by atoms with Gasteiger partial charge in [-0.1, -0.05) is 109 Å². The summed E-state index contributed by atoms with van der Waals surface area (Å²) >= 11 is 0. The van der Waals surface area contributed by atoms with Crippen LogP contribution in [-0.2, 0) is 0 Å². The van der Waals surface area contributed by atoms with Gasteiger partial charge in [-0.25, -0.2) is 9.98 Å². The van der Waals surface area contributed by atoms with Gasteiger partial charge in [0.2, 0.25) is 0 Å². The molecule has 7 aromatic rings. The molecule has 0 spiro atoms. The van der Waals surface area contributed by atoms with Crippen molar-refractivity contribution >= 4 is 55.2 Å². The van der Waals surface area contributed by atoms with E-state index in [0.29, 0.717) is 0 Å². The van der Waals surface area contributed by atoms with Gasteiger partial charge in [0.05, 0.1) is 0 Å². The van der Waals surface area contributed by atoms with Gasteiger partial charge in [0.25, 0.3) is 0 Å². The first-order valence-corrected chi connectivity index (χ1v) is 13.1. The first-order valence-electron chi connectivity index (χ1n) is 13.1. The molecule has 4 nitrogen and oxygen atoms in total. The van der Waals surface area contributed by atoms with Crippen molar-refractivity contribution in [1.82, 2.24) is 5.32 Å². The highest BCUT2D eigenvalue weighted by atomic mass is 16.3. The summed E-state index contributed by atoms with van der Waals surface area (Å²) in [7, 11) is 0. The molecule has 0 aliphatic carbocycles. The van der Waals surface area contributed by atoms with Crippen LogP contribution in [0.1, 0.15) is 22.9 Å². The number of nitrogens with one attached hydrogen (secondary N) is 1. The average molecular weight is 502 g/mol. The zero-order chi connectivity index (χ0) is 25.8. The number of aliphatic imine (C=N–C) groups is 2. The number of rotatable bonds is 3. The largest absolute Gasteiger partial charge is 0.456 e. The summed E-state index contributed by atoms with van der Waals surface area (Å²) in [6, 6.07) is 43.8. The maximum atomic E-state index is 6.23. The molecule has 0 saturated heterocycles. The Morgan fingerprint density at radius 3 is 2.03 bits per heavy atom. The first kappa shape index (κ1) is 21.8. The van der Waals surface area contributed by atoms with E-state index in [4.69, 9.17) is 14.4 Å². The number of nitrogens with zero attached hydrogens (tertiary/aromatic N) is 2. The van der Waals surface area contributed by atoms with Crippen LogP contribution in [0.5, 0.6) is 0 Å². The standard InChI is InChI=1S/C35H23N3O/c1-3-11-22(12-4-1)33-36-34(23-13-5-2-6-14-23)38-35(37-33)28-21-24-19-20-30-32(27-17-9-10-18-29(27)39-30)31(24)26-16-8-7-15-25(26)28/h1-21,35H,(H,36,37,38). The van der Waals surface area contributed by atoms with Gasteiger partial charge < -0.3 is 9.73 Å². The number of furan rings is 1. The van der Waals surface area contributed by atoms with Crippen molar-refractivity contribution in [2.45, 2.75) is 6.17 Å². The first-order chi connectivity index (χ1) is 19.3. The topological polar surface area (TPSA) is 49.9 Å². The third-order valence-electron chi connectivity index (χ3n) is 7.51. The number of amidine groups is 2. The molecule has 39 heavy (non-hydrogen) atoms. The fourth-order valence-corrected chi connectivity index (χ4v) is 5.74. The number of fused-ring (bicyclic) bond motifs is 7. The van der Waals surface area contributed by atoms with Crippen molar-refractivity contribution in [3.63, 3.8) is 0 Å². The Morgan fingerprint density at radius 1 is 0.564 bits per heavy atom. The Labute approximate surface area is 224 Å². The number of para-hydroxylation sites is 1. The molecule has 1 atom stereocenters. The second-order valence-corrected chi connectivity index (χ2v) is 9.84. The molecular weight excluding hydrogens is 478 g/mol. The molecule has 1 aromatic heterocycles. The van der Waals surface area contributed by atoms with Crippen LogP contribution in [-0.4, -0.2) is 11.7 Å². The second kappa shape index (κ2) is 8.67. The van der Waals surface area contributed by atoms with Crippen LogP contribution in [0, 0.1) is 0 Å². The lowest BCUT2D eigenvalue weighted by molar-refractivity contribution is 0.669. The van der Waals surface area contributed by atoms with Crippen molar-refractivity contribution in [3.05, 3.63) is 144 Å². The Balaban J connectivity index is 1.39. The minimum Gasteiger partial charge on any atom is -0.456 e. The number of hydrogen-bond acceptors (Lipinski definition) is 4. The summed E-state index contributed by atoms with van der Waals surface area (Å²) in [5.74, 6) is 1.54. The molecule has 0 amide bonds. The molecule has 0 saturated carbocycles. The Bertz CT molecular complexity index is 2090. The Kier molecular flexibility index (Phi) is 4.85. The average Bonchev–Trinajstić information content (AvgIpc) is 3.40. The summed E-state index contributed by atoms with van der Waals surface area (Å²) in [6.07, 6.45) is -0.306. The van der Waals surface area contributed by atoms with E-state index in [2.05, 4.69) is 84.2 Å². The monoisotopic (exact) mass is 501 g/mol. The van der Waals surface area contributed by atoms with E-state index in [1.165, 1.54) is 10.8 Å². The minimum absolute atomic E-state index is 0.306. The number of benzene rings is 6. The Hall–Kier alpha value is -5.22. The van der Waals surface area contributed by atoms with E-state index in [1.54, 1.807) is 0 Å². The van der Waals surface area contributed by atoms with Gasteiger partial charge in [-0.3, -0.25) is 0 Å². The lowest BCUT2D eigenvalue weighted by atomic mass is 9.93. The van der Waals surface area contributed by atoms with Crippen LogP contribution in [0.25, 0.3) is 43.5 Å². The van der Waals surface area contributed by atoms with Crippen LogP contribution in [0.15, 0.2) is 142 Å². The van der Waals surface area contributed by atoms with Gasteiger partial charge in [-0.2, -0.15) is 0 Å². The quantitative estimate of drug-likeness (QED) is 0.247. The van der Waals surface area contributed by atoms with Crippen molar-refractivity contribution in [1.29, 1.82) is 0 Å². The maximum Gasteiger partial charge on any atom is 0.159 e. The maximum absolute atomic E-state index is 6.23. The molecule has 1 aliphatic rings. The van der Waals surface area contributed by atoms with Crippen molar-refractivity contribution in [2.75, 3.05) is 0 Å². The van der Waals surface area contributed by atoms with Gasteiger partial charge in [0, 0.05) is 32.8 Å². The summed E-state index contributed by atoms with van der Waals surface area (Å²) in [4.78, 5) is 10.1. The second-order valence-electron chi connectivity index (χ2n) is 9.84. The van der Waals surface area contributed by atoms with Crippen LogP contribution < -0.4 is 5.32 Å².